The van der Waals surface area contributed by atoms with E-state index in [4.69, 9.17) is 0 Å². The summed E-state index contributed by atoms with van der Waals surface area (Å²) < 4.78 is 0.911. The summed E-state index contributed by atoms with van der Waals surface area (Å²) in [5, 5.41) is 3.03. The molecule has 5 heteroatoms. The lowest BCUT2D eigenvalue weighted by Crippen LogP contribution is -2.38. The molecule has 4 nitrogen and oxygen atoms in total. The minimum absolute atomic E-state index is 0.0266. The molecule has 0 radical (unpaired) electrons. The minimum atomic E-state index is 0.0266. The summed E-state index contributed by atoms with van der Waals surface area (Å²) in [6.07, 6.45) is 2.50. The van der Waals surface area contributed by atoms with Gasteiger partial charge in [-0.15, -0.1) is 0 Å². The van der Waals surface area contributed by atoms with Crippen LogP contribution in [0.15, 0.2) is 46.9 Å². The van der Waals surface area contributed by atoms with Crippen molar-refractivity contribution in [2.75, 3.05) is 23.3 Å². The van der Waals surface area contributed by atoms with Gasteiger partial charge >= 0.3 is 0 Å². The fourth-order valence-corrected chi connectivity index (χ4v) is 3.71. The van der Waals surface area contributed by atoms with Crippen LogP contribution in [-0.4, -0.2) is 25.3 Å². The predicted octanol–water partition coefficient (Wildman–Crippen LogP) is 4.43. The smallest absolute Gasteiger partial charge is 0.227 e. The van der Waals surface area contributed by atoms with Gasteiger partial charge in [0.1, 0.15) is 6.29 Å². The first-order valence-corrected chi connectivity index (χ1v) is 9.23. The Balaban J connectivity index is 1.57. The van der Waals surface area contributed by atoms with Crippen LogP contribution in [0.5, 0.6) is 0 Å². The third-order valence-electron chi connectivity index (χ3n) is 4.64. The largest absolute Gasteiger partial charge is 0.371 e. The van der Waals surface area contributed by atoms with Crippen molar-refractivity contribution >= 4 is 39.5 Å². The van der Waals surface area contributed by atoms with Gasteiger partial charge in [-0.1, -0.05) is 6.07 Å². The molecule has 0 unspecified atom stereocenters. The maximum atomic E-state index is 12.5. The molecular formula is C20H21BrN2O2. The van der Waals surface area contributed by atoms with Gasteiger partial charge in [-0.05, 0) is 77.7 Å². The monoisotopic (exact) mass is 400 g/mol. The van der Waals surface area contributed by atoms with Crippen molar-refractivity contribution < 1.29 is 9.59 Å². The molecule has 1 aliphatic rings. The fourth-order valence-electron chi connectivity index (χ4n) is 3.12. The first kappa shape index (κ1) is 17.7. The summed E-state index contributed by atoms with van der Waals surface area (Å²) >= 11 is 3.50. The molecule has 25 heavy (non-hydrogen) atoms. The van der Waals surface area contributed by atoms with Crippen LogP contribution in [0.1, 0.15) is 28.8 Å². The molecule has 0 aliphatic carbocycles. The molecule has 1 fully saturated rings. The van der Waals surface area contributed by atoms with Gasteiger partial charge in [0.25, 0.3) is 0 Å². The number of nitrogens with zero attached hydrogens (tertiary/aromatic N) is 1. The second-order valence-electron chi connectivity index (χ2n) is 6.44. The van der Waals surface area contributed by atoms with Crippen molar-refractivity contribution in [2.24, 2.45) is 5.92 Å². The van der Waals surface area contributed by atoms with Crippen molar-refractivity contribution in [1.82, 2.24) is 0 Å². The van der Waals surface area contributed by atoms with E-state index in [-0.39, 0.29) is 11.8 Å². The number of hydrogen-bond donors (Lipinski definition) is 1. The molecule has 1 aliphatic heterocycles. The molecule has 1 saturated heterocycles. The molecule has 0 aromatic heterocycles. The Hall–Kier alpha value is -2.14. The molecule has 0 bridgehead atoms. The first-order chi connectivity index (χ1) is 12.1. The van der Waals surface area contributed by atoms with Crippen LogP contribution in [0.25, 0.3) is 0 Å². The highest BCUT2D eigenvalue weighted by Gasteiger charge is 2.25. The lowest BCUT2D eigenvalue weighted by atomic mass is 9.95. The molecule has 1 amide bonds. The van der Waals surface area contributed by atoms with E-state index in [0.717, 1.165) is 53.6 Å². The molecule has 0 saturated carbocycles. The highest BCUT2D eigenvalue weighted by atomic mass is 79.9. The van der Waals surface area contributed by atoms with Crippen molar-refractivity contribution in [3.05, 3.63) is 58.1 Å². The summed E-state index contributed by atoms with van der Waals surface area (Å²) in [4.78, 5) is 25.5. The van der Waals surface area contributed by atoms with Crippen molar-refractivity contribution in [2.45, 2.75) is 19.8 Å². The molecule has 1 heterocycles. The van der Waals surface area contributed by atoms with Gasteiger partial charge in [-0.3, -0.25) is 9.59 Å². The van der Waals surface area contributed by atoms with Crippen molar-refractivity contribution in [1.29, 1.82) is 0 Å². The van der Waals surface area contributed by atoms with E-state index in [1.165, 1.54) is 0 Å². The number of carbonyl (C=O) groups excluding carboxylic acids is 2. The highest BCUT2D eigenvalue weighted by Crippen LogP contribution is 2.27. The van der Waals surface area contributed by atoms with Gasteiger partial charge in [0.05, 0.1) is 5.69 Å². The molecular weight excluding hydrogens is 380 g/mol. The number of aldehydes is 1. The van der Waals surface area contributed by atoms with E-state index in [1.54, 1.807) is 0 Å². The minimum Gasteiger partial charge on any atom is -0.371 e. The maximum Gasteiger partial charge on any atom is 0.227 e. The third kappa shape index (κ3) is 4.28. The topological polar surface area (TPSA) is 49.4 Å². The molecule has 1 N–H and O–H groups in total. The summed E-state index contributed by atoms with van der Waals surface area (Å²) in [6.45, 7) is 3.70. The number of piperidine rings is 1. The zero-order chi connectivity index (χ0) is 17.8. The zero-order valence-electron chi connectivity index (χ0n) is 14.2. The Labute approximate surface area is 156 Å². The van der Waals surface area contributed by atoms with E-state index in [0.29, 0.717) is 5.56 Å². The van der Waals surface area contributed by atoms with Crippen molar-refractivity contribution in [3.63, 3.8) is 0 Å². The number of anilines is 2. The Morgan fingerprint density at radius 2 is 1.84 bits per heavy atom. The number of aryl methyl sites for hydroxylation is 1. The van der Waals surface area contributed by atoms with E-state index < -0.39 is 0 Å². The van der Waals surface area contributed by atoms with Crippen LogP contribution in [0.4, 0.5) is 11.4 Å². The Kier molecular flexibility index (Phi) is 5.53. The van der Waals surface area contributed by atoms with Gasteiger partial charge in [0.15, 0.2) is 0 Å². The fraction of sp³-hybridized carbons (Fsp3) is 0.300. The Morgan fingerprint density at radius 3 is 2.44 bits per heavy atom. The van der Waals surface area contributed by atoms with E-state index in [2.05, 4.69) is 26.1 Å². The predicted molar refractivity (Wildman–Crippen MR) is 104 cm³/mol. The summed E-state index contributed by atoms with van der Waals surface area (Å²) in [5.41, 5.74) is 3.76. The zero-order valence-corrected chi connectivity index (χ0v) is 15.8. The summed E-state index contributed by atoms with van der Waals surface area (Å²) in [7, 11) is 0. The van der Waals surface area contributed by atoms with Crippen LogP contribution < -0.4 is 10.2 Å². The molecule has 3 rings (SSSR count). The number of hydrogen-bond acceptors (Lipinski definition) is 3. The third-order valence-corrected chi connectivity index (χ3v) is 5.30. The van der Waals surface area contributed by atoms with Crippen LogP contribution in [0.2, 0.25) is 0 Å². The second-order valence-corrected chi connectivity index (χ2v) is 7.30. The normalized spacial score (nSPS) is 15.0. The SMILES string of the molecule is Cc1ccc(NC(=O)C2CCN(c3ccc(C=O)cc3)CC2)c(Br)c1. The first-order valence-electron chi connectivity index (χ1n) is 8.44. The average Bonchev–Trinajstić information content (AvgIpc) is 2.64. The summed E-state index contributed by atoms with van der Waals surface area (Å²) in [5.74, 6) is 0.110. The van der Waals surface area contributed by atoms with E-state index in [1.807, 2.05) is 49.4 Å². The van der Waals surface area contributed by atoms with Crippen LogP contribution >= 0.6 is 15.9 Å². The van der Waals surface area contributed by atoms with Gasteiger partial charge < -0.3 is 10.2 Å². The number of halogens is 1. The lowest BCUT2D eigenvalue weighted by Gasteiger charge is -2.33. The molecule has 2 aromatic rings. The Bertz CT molecular complexity index is 766. The van der Waals surface area contributed by atoms with Crippen molar-refractivity contribution in [3.8, 4) is 0 Å². The number of rotatable bonds is 4. The molecule has 0 atom stereocenters. The highest BCUT2D eigenvalue weighted by molar-refractivity contribution is 9.10. The Morgan fingerprint density at radius 1 is 1.16 bits per heavy atom. The number of amides is 1. The van der Waals surface area contributed by atoms with E-state index in [9.17, 15) is 9.59 Å². The molecule has 130 valence electrons. The standard InChI is InChI=1S/C20H21BrN2O2/c1-14-2-7-19(18(21)12-14)22-20(25)16-8-10-23(11-9-16)17-5-3-15(13-24)4-6-17/h2-7,12-13,16H,8-11H2,1H3,(H,22,25). The van der Waals surface area contributed by atoms with Gasteiger partial charge in [-0.2, -0.15) is 0 Å². The second kappa shape index (κ2) is 7.83. The molecule has 0 spiro atoms. The number of carbonyl (C=O) groups is 2. The van der Waals surface area contributed by atoms with E-state index >= 15 is 0 Å². The van der Waals surface area contributed by atoms with Gasteiger partial charge in [-0.25, -0.2) is 0 Å². The molecule has 2 aromatic carbocycles. The number of nitrogens with one attached hydrogen (secondary N) is 1. The van der Waals surface area contributed by atoms with Crippen LogP contribution in [0.3, 0.4) is 0 Å². The van der Waals surface area contributed by atoms with Gasteiger partial charge in [0, 0.05) is 34.7 Å². The summed E-state index contributed by atoms with van der Waals surface area (Å²) in [6, 6.07) is 13.5. The van der Waals surface area contributed by atoms with Gasteiger partial charge in [0.2, 0.25) is 5.91 Å². The van der Waals surface area contributed by atoms with Crippen LogP contribution in [0, 0.1) is 12.8 Å². The maximum absolute atomic E-state index is 12.5. The quantitative estimate of drug-likeness (QED) is 0.772. The van der Waals surface area contributed by atoms with Crippen LogP contribution in [-0.2, 0) is 4.79 Å². The average molecular weight is 401 g/mol. The number of benzene rings is 2. The lowest BCUT2D eigenvalue weighted by molar-refractivity contribution is -0.120.